The van der Waals surface area contributed by atoms with Gasteiger partial charge in [-0.1, -0.05) is 12.8 Å². The van der Waals surface area contributed by atoms with Gasteiger partial charge in [0, 0.05) is 12.5 Å². The lowest BCUT2D eigenvalue weighted by Crippen LogP contribution is -2.38. The van der Waals surface area contributed by atoms with E-state index < -0.39 is 0 Å². The zero-order valence-electron chi connectivity index (χ0n) is 8.79. The number of aliphatic imine (C=N–C) groups is 1. The van der Waals surface area contributed by atoms with Gasteiger partial charge in [-0.2, -0.15) is 0 Å². The first-order valence-electron chi connectivity index (χ1n) is 5.25. The molecule has 78 valence electrons. The molecule has 0 radical (unpaired) electrons. The van der Waals surface area contributed by atoms with E-state index in [4.69, 9.17) is 12.2 Å². The zero-order valence-corrected chi connectivity index (χ0v) is 8.79. The first-order valence-corrected chi connectivity index (χ1v) is 5.25. The van der Waals surface area contributed by atoms with Gasteiger partial charge in [-0.15, -0.1) is 12.3 Å². The average Bonchev–Trinajstić information content (AvgIpc) is 2.56. The third-order valence-electron chi connectivity index (χ3n) is 2.46. The number of nitrogens with two attached hydrogens (primary N) is 1. The highest BCUT2D eigenvalue weighted by molar-refractivity contribution is 5.78. The lowest BCUT2D eigenvalue weighted by Gasteiger charge is -2.12. The normalized spacial score (nSPS) is 20.4. The van der Waals surface area contributed by atoms with Crippen LogP contribution in [0.15, 0.2) is 4.99 Å². The summed E-state index contributed by atoms with van der Waals surface area (Å²) >= 11 is 0. The summed E-state index contributed by atoms with van der Waals surface area (Å²) < 4.78 is 0. The van der Waals surface area contributed by atoms with Gasteiger partial charge in [0.15, 0.2) is 5.96 Å². The standard InChI is InChI=1S/C11H19N3/c1-3-6-9(2)13-11(12)14-10-7-4-5-8-10/h1,9-10H,4-8H2,2H3,(H3,12,13,14). The fourth-order valence-electron chi connectivity index (χ4n) is 1.75. The van der Waals surface area contributed by atoms with Gasteiger partial charge in [0.2, 0.25) is 0 Å². The summed E-state index contributed by atoms with van der Waals surface area (Å²) in [6, 6.07) is 0.644. The number of rotatable bonds is 3. The molecule has 0 heterocycles. The van der Waals surface area contributed by atoms with Crippen LogP contribution in [0.2, 0.25) is 0 Å². The SMILES string of the molecule is C#CCC(C)NC(N)=NC1CCCC1. The lowest BCUT2D eigenvalue weighted by atomic mass is 10.2. The molecule has 0 aromatic heterocycles. The van der Waals surface area contributed by atoms with E-state index in [1.165, 1.54) is 25.7 Å². The number of guanidine groups is 1. The van der Waals surface area contributed by atoms with Crippen molar-refractivity contribution in [2.45, 2.75) is 51.1 Å². The minimum absolute atomic E-state index is 0.213. The van der Waals surface area contributed by atoms with Crippen molar-refractivity contribution >= 4 is 5.96 Å². The monoisotopic (exact) mass is 193 g/mol. The predicted molar refractivity (Wildman–Crippen MR) is 59.9 cm³/mol. The molecule has 14 heavy (non-hydrogen) atoms. The largest absolute Gasteiger partial charge is 0.370 e. The Bertz CT molecular complexity index is 233. The van der Waals surface area contributed by atoms with Crippen LogP contribution in [-0.2, 0) is 0 Å². The minimum atomic E-state index is 0.213. The maximum absolute atomic E-state index is 5.76. The van der Waals surface area contributed by atoms with Crippen LogP contribution in [0.5, 0.6) is 0 Å². The highest BCUT2D eigenvalue weighted by Crippen LogP contribution is 2.20. The van der Waals surface area contributed by atoms with Gasteiger partial charge in [0.25, 0.3) is 0 Å². The van der Waals surface area contributed by atoms with Gasteiger partial charge in [-0.05, 0) is 19.8 Å². The van der Waals surface area contributed by atoms with Crippen LogP contribution in [0.4, 0.5) is 0 Å². The van der Waals surface area contributed by atoms with Crippen LogP contribution < -0.4 is 11.1 Å². The molecule has 0 spiro atoms. The molecule has 1 unspecified atom stereocenters. The van der Waals surface area contributed by atoms with Crippen molar-refractivity contribution in [1.82, 2.24) is 5.32 Å². The molecule has 0 aromatic carbocycles. The molecule has 1 fully saturated rings. The van der Waals surface area contributed by atoms with Crippen molar-refractivity contribution in [3.05, 3.63) is 0 Å². The number of terminal acetylenes is 1. The quantitative estimate of drug-likeness (QED) is 0.402. The van der Waals surface area contributed by atoms with Gasteiger partial charge in [0.05, 0.1) is 6.04 Å². The van der Waals surface area contributed by atoms with Crippen LogP contribution in [0.25, 0.3) is 0 Å². The average molecular weight is 193 g/mol. The van der Waals surface area contributed by atoms with Crippen molar-refractivity contribution in [1.29, 1.82) is 0 Å². The lowest BCUT2D eigenvalue weighted by molar-refractivity contribution is 0.654. The van der Waals surface area contributed by atoms with Gasteiger partial charge in [-0.25, -0.2) is 0 Å². The molecule has 0 amide bonds. The fourth-order valence-corrected chi connectivity index (χ4v) is 1.75. The number of hydrogen-bond acceptors (Lipinski definition) is 1. The highest BCUT2D eigenvalue weighted by Gasteiger charge is 2.14. The van der Waals surface area contributed by atoms with Crippen LogP contribution >= 0.6 is 0 Å². The van der Waals surface area contributed by atoms with Gasteiger partial charge >= 0.3 is 0 Å². The van der Waals surface area contributed by atoms with Crippen LogP contribution in [0.3, 0.4) is 0 Å². The van der Waals surface area contributed by atoms with Gasteiger partial charge < -0.3 is 11.1 Å². The summed E-state index contributed by atoms with van der Waals surface area (Å²) in [4.78, 5) is 4.41. The third-order valence-corrected chi connectivity index (χ3v) is 2.46. The molecule has 1 atom stereocenters. The first-order chi connectivity index (χ1) is 6.72. The van der Waals surface area contributed by atoms with Gasteiger partial charge in [0.1, 0.15) is 0 Å². The Hall–Kier alpha value is -1.17. The summed E-state index contributed by atoms with van der Waals surface area (Å²) in [6.07, 6.45) is 10.8. The Balaban J connectivity index is 2.32. The predicted octanol–water partition coefficient (Wildman–Crippen LogP) is 1.25. The van der Waals surface area contributed by atoms with Crippen molar-refractivity contribution < 1.29 is 0 Å². The second-order valence-electron chi connectivity index (χ2n) is 3.91. The molecule has 0 aromatic rings. The summed E-state index contributed by atoms with van der Waals surface area (Å²) in [5.74, 6) is 3.13. The molecular formula is C11H19N3. The van der Waals surface area contributed by atoms with Gasteiger partial charge in [-0.3, -0.25) is 4.99 Å². The molecule has 3 nitrogen and oxygen atoms in total. The summed E-state index contributed by atoms with van der Waals surface area (Å²) in [5, 5.41) is 3.09. The van der Waals surface area contributed by atoms with E-state index in [-0.39, 0.29) is 6.04 Å². The van der Waals surface area contributed by atoms with E-state index >= 15 is 0 Å². The first kappa shape index (κ1) is 10.9. The van der Waals surface area contributed by atoms with E-state index in [1.54, 1.807) is 0 Å². The molecular weight excluding hydrogens is 174 g/mol. The van der Waals surface area contributed by atoms with E-state index in [1.807, 2.05) is 6.92 Å². The maximum Gasteiger partial charge on any atom is 0.189 e. The Morgan fingerprint density at radius 1 is 1.64 bits per heavy atom. The van der Waals surface area contributed by atoms with E-state index in [2.05, 4.69) is 16.2 Å². The summed E-state index contributed by atoms with van der Waals surface area (Å²) in [6.45, 7) is 2.01. The summed E-state index contributed by atoms with van der Waals surface area (Å²) in [5.41, 5.74) is 5.76. The Morgan fingerprint density at radius 3 is 2.86 bits per heavy atom. The zero-order chi connectivity index (χ0) is 10.4. The maximum atomic E-state index is 5.76. The Kier molecular flexibility index (Phi) is 4.31. The second-order valence-corrected chi connectivity index (χ2v) is 3.91. The molecule has 1 saturated carbocycles. The molecule has 0 aliphatic heterocycles. The molecule has 3 N–H and O–H groups in total. The number of nitrogens with zero attached hydrogens (tertiary/aromatic N) is 1. The summed E-state index contributed by atoms with van der Waals surface area (Å²) in [7, 11) is 0. The highest BCUT2D eigenvalue weighted by atomic mass is 15.1. The van der Waals surface area contributed by atoms with Crippen molar-refractivity contribution in [2.75, 3.05) is 0 Å². The third kappa shape index (κ3) is 3.69. The molecule has 1 aliphatic carbocycles. The van der Waals surface area contributed by atoms with Crippen LogP contribution in [0.1, 0.15) is 39.0 Å². The molecule has 1 aliphatic rings. The van der Waals surface area contributed by atoms with Crippen LogP contribution in [-0.4, -0.2) is 18.0 Å². The topological polar surface area (TPSA) is 50.4 Å². The smallest absolute Gasteiger partial charge is 0.189 e. The Morgan fingerprint density at radius 2 is 2.29 bits per heavy atom. The van der Waals surface area contributed by atoms with Crippen molar-refractivity contribution in [3.63, 3.8) is 0 Å². The molecule has 3 heteroatoms. The molecule has 0 saturated heterocycles. The van der Waals surface area contributed by atoms with Crippen LogP contribution in [0, 0.1) is 12.3 Å². The van der Waals surface area contributed by atoms with Crippen molar-refractivity contribution in [2.24, 2.45) is 10.7 Å². The van der Waals surface area contributed by atoms with E-state index in [0.29, 0.717) is 18.4 Å². The second kappa shape index (κ2) is 5.54. The fraction of sp³-hybridized carbons (Fsp3) is 0.727. The minimum Gasteiger partial charge on any atom is -0.370 e. The van der Waals surface area contributed by atoms with Crippen molar-refractivity contribution in [3.8, 4) is 12.3 Å². The number of hydrogen-bond donors (Lipinski definition) is 2. The number of nitrogens with one attached hydrogen (secondary N) is 1. The molecule has 1 rings (SSSR count). The molecule has 0 bridgehead atoms. The van der Waals surface area contributed by atoms with E-state index in [9.17, 15) is 0 Å². The van der Waals surface area contributed by atoms with E-state index in [0.717, 1.165) is 0 Å². The Labute approximate surface area is 86.2 Å².